The highest BCUT2D eigenvalue weighted by Crippen LogP contribution is 2.32. The molecule has 3 rings (SSSR count). The van der Waals surface area contributed by atoms with Crippen molar-refractivity contribution in [2.75, 3.05) is 0 Å². The summed E-state index contributed by atoms with van der Waals surface area (Å²) in [5.41, 5.74) is 0.909. The van der Waals surface area contributed by atoms with Gasteiger partial charge >= 0.3 is 0 Å². The Kier molecular flexibility index (Phi) is 1.64. The molecule has 0 unspecified atom stereocenters. The average molecular weight is 201 g/mol. The molecule has 3 aromatic rings. The molecule has 0 aliphatic rings. The second kappa shape index (κ2) is 2.96. The van der Waals surface area contributed by atoms with E-state index < -0.39 is 0 Å². The highest BCUT2D eigenvalue weighted by Gasteiger charge is 2.05. The Hall–Kier alpha value is -1.61. The SMILES string of the molecule is c1ccc2sc(-c3cocn3)cc2c1. The summed E-state index contributed by atoms with van der Waals surface area (Å²) in [5.74, 6) is 0. The van der Waals surface area contributed by atoms with Gasteiger partial charge in [-0.15, -0.1) is 11.3 Å². The highest BCUT2D eigenvalue weighted by atomic mass is 32.1. The van der Waals surface area contributed by atoms with Gasteiger partial charge in [0, 0.05) is 4.70 Å². The fourth-order valence-corrected chi connectivity index (χ4v) is 2.46. The Bertz CT molecular complexity index is 520. The summed E-state index contributed by atoms with van der Waals surface area (Å²) in [5, 5.41) is 1.26. The van der Waals surface area contributed by atoms with Crippen LogP contribution in [0.3, 0.4) is 0 Å². The summed E-state index contributed by atoms with van der Waals surface area (Å²) in [4.78, 5) is 5.28. The molecule has 68 valence electrons. The molecule has 0 radical (unpaired) electrons. The number of thiophene rings is 1. The maximum absolute atomic E-state index is 4.96. The van der Waals surface area contributed by atoms with Crippen molar-refractivity contribution in [2.45, 2.75) is 0 Å². The van der Waals surface area contributed by atoms with Gasteiger partial charge in [-0.25, -0.2) is 4.98 Å². The second-order valence-electron chi connectivity index (χ2n) is 3.02. The number of aromatic nitrogens is 1. The van der Waals surface area contributed by atoms with Crippen LogP contribution in [0.25, 0.3) is 20.7 Å². The monoisotopic (exact) mass is 201 g/mol. The van der Waals surface area contributed by atoms with Crippen molar-refractivity contribution < 1.29 is 4.42 Å². The lowest BCUT2D eigenvalue weighted by Crippen LogP contribution is -1.66. The second-order valence-corrected chi connectivity index (χ2v) is 4.11. The molecule has 2 heterocycles. The van der Waals surface area contributed by atoms with Crippen molar-refractivity contribution >= 4 is 21.4 Å². The zero-order valence-electron chi connectivity index (χ0n) is 7.31. The summed E-state index contributed by atoms with van der Waals surface area (Å²) in [7, 11) is 0. The summed E-state index contributed by atoms with van der Waals surface area (Å²) in [6, 6.07) is 10.4. The summed E-state index contributed by atoms with van der Waals surface area (Å²) in [6.45, 7) is 0. The van der Waals surface area contributed by atoms with E-state index in [1.165, 1.54) is 16.5 Å². The van der Waals surface area contributed by atoms with E-state index in [-0.39, 0.29) is 0 Å². The standard InChI is InChI=1S/C11H7NOS/c1-2-4-10-8(3-1)5-11(14-10)9-6-13-7-12-9/h1-7H. The molecule has 0 N–H and O–H groups in total. The summed E-state index contributed by atoms with van der Waals surface area (Å²) in [6.07, 6.45) is 3.13. The molecular weight excluding hydrogens is 194 g/mol. The number of fused-ring (bicyclic) bond motifs is 1. The lowest BCUT2D eigenvalue weighted by Gasteiger charge is -1.82. The third-order valence-electron chi connectivity index (χ3n) is 2.11. The van der Waals surface area contributed by atoms with E-state index in [9.17, 15) is 0 Å². The van der Waals surface area contributed by atoms with E-state index in [0.717, 1.165) is 10.6 Å². The predicted molar refractivity (Wildman–Crippen MR) is 57.3 cm³/mol. The first-order valence-corrected chi connectivity index (χ1v) is 5.12. The van der Waals surface area contributed by atoms with E-state index in [1.807, 2.05) is 12.1 Å². The van der Waals surface area contributed by atoms with Crippen LogP contribution in [0.15, 0.2) is 47.4 Å². The molecule has 0 fully saturated rings. The van der Waals surface area contributed by atoms with E-state index in [1.54, 1.807) is 17.6 Å². The smallest absolute Gasteiger partial charge is 0.181 e. The van der Waals surface area contributed by atoms with Gasteiger partial charge < -0.3 is 4.42 Å². The van der Waals surface area contributed by atoms with Gasteiger partial charge in [0.1, 0.15) is 12.0 Å². The number of rotatable bonds is 1. The van der Waals surface area contributed by atoms with Crippen molar-refractivity contribution in [1.82, 2.24) is 4.98 Å². The molecule has 1 aromatic carbocycles. The first-order chi connectivity index (χ1) is 6.93. The minimum absolute atomic E-state index is 0.909. The van der Waals surface area contributed by atoms with Crippen LogP contribution in [-0.4, -0.2) is 4.98 Å². The number of oxazole rings is 1. The predicted octanol–water partition coefficient (Wildman–Crippen LogP) is 3.56. The van der Waals surface area contributed by atoms with Crippen molar-refractivity contribution in [3.8, 4) is 10.6 Å². The van der Waals surface area contributed by atoms with Crippen LogP contribution in [0.1, 0.15) is 0 Å². The van der Waals surface area contributed by atoms with Gasteiger partial charge in [-0.1, -0.05) is 18.2 Å². The van der Waals surface area contributed by atoms with Crippen LogP contribution in [0, 0.1) is 0 Å². The van der Waals surface area contributed by atoms with Gasteiger partial charge in [0.15, 0.2) is 6.39 Å². The van der Waals surface area contributed by atoms with Gasteiger partial charge in [0.25, 0.3) is 0 Å². The Labute approximate surface area is 84.8 Å². The molecule has 0 atom stereocenters. The van der Waals surface area contributed by atoms with Crippen LogP contribution >= 0.6 is 11.3 Å². The Morgan fingerprint density at radius 3 is 2.93 bits per heavy atom. The Morgan fingerprint density at radius 2 is 2.14 bits per heavy atom. The largest absolute Gasteiger partial charge is 0.451 e. The third-order valence-corrected chi connectivity index (χ3v) is 3.25. The normalized spacial score (nSPS) is 10.9. The fourth-order valence-electron chi connectivity index (χ4n) is 1.44. The van der Waals surface area contributed by atoms with Crippen LogP contribution < -0.4 is 0 Å². The van der Waals surface area contributed by atoms with E-state index in [0.29, 0.717) is 0 Å². The molecule has 0 spiro atoms. The molecule has 0 saturated heterocycles. The summed E-state index contributed by atoms with van der Waals surface area (Å²) >= 11 is 1.73. The maximum atomic E-state index is 4.96. The van der Waals surface area contributed by atoms with Crippen LogP contribution in [0.4, 0.5) is 0 Å². The maximum Gasteiger partial charge on any atom is 0.181 e. The minimum Gasteiger partial charge on any atom is -0.451 e. The van der Waals surface area contributed by atoms with Gasteiger partial charge in [-0.2, -0.15) is 0 Å². The van der Waals surface area contributed by atoms with Crippen LogP contribution in [0.5, 0.6) is 0 Å². The van der Waals surface area contributed by atoms with Crippen molar-refractivity contribution in [1.29, 1.82) is 0 Å². The molecule has 0 aliphatic carbocycles. The first kappa shape index (κ1) is 7.76. The van der Waals surface area contributed by atoms with Gasteiger partial charge in [-0.05, 0) is 17.5 Å². The van der Waals surface area contributed by atoms with E-state index >= 15 is 0 Å². The average Bonchev–Trinajstić information content (AvgIpc) is 2.86. The lowest BCUT2D eigenvalue weighted by molar-refractivity contribution is 0.558. The van der Waals surface area contributed by atoms with E-state index in [2.05, 4.69) is 23.2 Å². The number of benzene rings is 1. The highest BCUT2D eigenvalue weighted by molar-refractivity contribution is 7.22. The molecular formula is C11H7NOS. The van der Waals surface area contributed by atoms with Crippen LogP contribution in [-0.2, 0) is 0 Å². The first-order valence-electron chi connectivity index (χ1n) is 4.30. The Balaban J connectivity index is 2.24. The quantitative estimate of drug-likeness (QED) is 0.601. The van der Waals surface area contributed by atoms with Crippen molar-refractivity contribution in [3.05, 3.63) is 43.0 Å². The van der Waals surface area contributed by atoms with Crippen LogP contribution in [0.2, 0.25) is 0 Å². The topological polar surface area (TPSA) is 26.0 Å². The minimum atomic E-state index is 0.909. The number of nitrogens with zero attached hydrogens (tertiary/aromatic N) is 1. The number of hydrogen-bond acceptors (Lipinski definition) is 3. The molecule has 14 heavy (non-hydrogen) atoms. The Morgan fingerprint density at radius 1 is 1.21 bits per heavy atom. The zero-order valence-corrected chi connectivity index (χ0v) is 8.12. The lowest BCUT2D eigenvalue weighted by atomic mass is 10.2. The molecule has 0 bridgehead atoms. The van der Waals surface area contributed by atoms with Gasteiger partial charge in [0.2, 0.25) is 0 Å². The van der Waals surface area contributed by atoms with Gasteiger partial charge in [0.05, 0.1) is 4.88 Å². The molecule has 3 heteroatoms. The number of hydrogen-bond donors (Lipinski definition) is 0. The third kappa shape index (κ3) is 1.14. The molecule has 2 nitrogen and oxygen atoms in total. The van der Waals surface area contributed by atoms with Gasteiger partial charge in [-0.3, -0.25) is 0 Å². The van der Waals surface area contributed by atoms with E-state index in [4.69, 9.17) is 4.42 Å². The molecule has 0 saturated carbocycles. The zero-order chi connectivity index (χ0) is 9.38. The summed E-state index contributed by atoms with van der Waals surface area (Å²) < 4.78 is 6.24. The molecule has 0 aliphatic heterocycles. The molecule has 0 amide bonds. The van der Waals surface area contributed by atoms with Crippen molar-refractivity contribution in [2.24, 2.45) is 0 Å². The van der Waals surface area contributed by atoms with Crippen molar-refractivity contribution in [3.63, 3.8) is 0 Å². The fraction of sp³-hybridized carbons (Fsp3) is 0. The molecule has 2 aromatic heterocycles.